The average molecular weight is 274 g/mol. The fraction of sp³-hybridized carbons (Fsp3) is 0.529. The van der Waals surface area contributed by atoms with Crippen LogP contribution in [-0.4, -0.2) is 38.2 Å². The first-order valence-electron chi connectivity index (χ1n) is 7.50. The van der Waals surface area contributed by atoms with Crippen molar-refractivity contribution < 1.29 is 4.74 Å². The lowest BCUT2D eigenvalue weighted by Crippen LogP contribution is -2.37. The molecular weight excluding hydrogens is 248 g/mol. The Bertz CT molecular complexity index is 419. The summed E-state index contributed by atoms with van der Waals surface area (Å²) in [7, 11) is 2.21. The van der Waals surface area contributed by atoms with E-state index in [4.69, 9.17) is 4.74 Å². The summed E-state index contributed by atoms with van der Waals surface area (Å²) < 4.78 is 5.68. The van der Waals surface area contributed by atoms with Gasteiger partial charge in [0.25, 0.3) is 0 Å². The molecule has 0 saturated carbocycles. The van der Waals surface area contributed by atoms with Gasteiger partial charge in [-0.1, -0.05) is 30.9 Å². The minimum Gasteiger partial charge on any atom is -0.489 e. The number of likely N-dealkylation sites (tertiary alicyclic amines) is 1. The molecule has 0 amide bonds. The third-order valence-electron chi connectivity index (χ3n) is 3.80. The smallest absolute Gasteiger partial charge is 0.124 e. The van der Waals surface area contributed by atoms with E-state index in [1.807, 2.05) is 12.1 Å². The van der Waals surface area contributed by atoms with Crippen LogP contribution in [0, 0.1) is 5.92 Å². The summed E-state index contributed by atoms with van der Waals surface area (Å²) >= 11 is 0. The summed E-state index contributed by atoms with van der Waals surface area (Å²) in [6.45, 7) is 8.66. The highest BCUT2D eigenvalue weighted by Gasteiger charge is 2.16. The van der Waals surface area contributed by atoms with Gasteiger partial charge in [0.2, 0.25) is 0 Å². The minimum absolute atomic E-state index is 0.560. The lowest BCUT2D eigenvalue weighted by molar-refractivity contribution is 0.206. The third-order valence-corrected chi connectivity index (χ3v) is 3.80. The van der Waals surface area contributed by atoms with Gasteiger partial charge in [0, 0.05) is 18.7 Å². The van der Waals surface area contributed by atoms with Crippen molar-refractivity contribution in [2.75, 3.05) is 33.3 Å². The molecule has 3 heteroatoms. The van der Waals surface area contributed by atoms with Crippen molar-refractivity contribution in [2.45, 2.75) is 19.4 Å². The lowest BCUT2D eigenvalue weighted by Gasteiger charge is -2.29. The summed E-state index contributed by atoms with van der Waals surface area (Å²) in [6, 6.07) is 8.22. The van der Waals surface area contributed by atoms with Crippen molar-refractivity contribution in [1.82, 2.24) is 10.2 Å². The van der Waals surface area contributed by atoms with Crippen molar-refractivity contribution in [3.8, 4) is 5.75 Å². The Morgan fingerprint density at radius 2 is 2.30 bits per heavy atom. The topological polar surface area (TPSA) is 24.5 Å². The van der Waals surface area contributed by atoms with E-state index in [1.165, 1.54) is 31.5 Å². The molecule has 0 aliphatic carbocycles. The van der Waals surface area contributed by atoms with Gasteiger partial charge in [-0.3, -0.25) is 0 Å². The van der Waals surface area contributed by atoms with Gasteiger partial charge in [-0.15, -0.1) is 0 Å². The van der Waals surface area contributed by atoms with E-state index in [-0.39, 0.29) is 0 Å². The number of rotatable bonds is 7. The van der Waals surface area contributed by atoms with Crippen LogP contribution in [0.2, 0.25) is 0 Å². The Hall–Kier alpha value is -1.32. The summed E-state index contributed by atoms with van der Waals surface area (Å²) in [5.41, 5.74) is 1.22. The minimum atomic E-state index is 0.560. The molecule has 0 aromatic heterocycles. The van der Waals surface area contributed by atoms with E-state index < -0.39 is 0 Å². The van der Waals surface area contributed by atoms with Crippen molar-refractivity contribution in [2.24, 2.45) is 5.92 Å². The van der Waals surface area contributed by atoms with Crippen LogP contribution in [0.25, 0.3) is 0 Å². The molecule has 1 aliphatic heterocycles. The number of hydrogen-bond acceptors (Lipinski definition) is 3. The van der Waals surface area contributed by atoms with Crippen molar-refractivity contribution in [3.63, 3.8) is 0 Å². The molecule has 1 aromatic carbocycles. The molecule has 1 fully saturated rings. The molecule has 1 unspecified atom stereocenters. The Balaban J connectivity index is 1.79. The second-order valence-electron chi connectivity index (χ2n) is 5.61. The van der Waals surface area contributed by atoms with E-state index in [0.29, 0.717) is 6.61 Å². The maximum Gasteiger partial charge on any atom is 0.124 e. The Morgan fingerprint density at radius 1 is 1.45 bits per heavy atom. The first-order chi connectivity index (χ1) is 9.79. The number of piperidine rings is 1. The Morgan fingerprint density at radius 3 is 3.10 bits per heavy atom. The molecular formula is C17H26N2O. The highest BCUT2D eigenvalue weighted by Crippen LogP contribution is 2.18. The zero-order chi connectivity index (χ0) is 14.2. The highest BCUT2D eigenvalue weighted by molar-refractivity contribution is 5.33. The fourth-order valence-corrected chi connectivity index (χ4v) is 2.79. The van der Waals surface area contributed by atoms with Crippen molar-refractivity contribution in [3.05, 3.63) is 42.5 Å². The van der Waals surface area contributed by atoms with Crippen LogP contribution in [0.3, 0.4) is 0 Å². The Kier molecular flexibility index (Phi) is 6.09. The third kappa shape index (κ3) is 4.66. The lowest BCUT2D eigenvalue weighted by atomic mass is 9.98. The van der Waals surface area contributed by atoms with Crippen molar-refractivity contribution >= 4 is 0 Å². The standard InChI is InChI=1S/C17H26N2O/c1-3-11-20-17-9-5-4-8-16(17)13-18-12-15-7-6-10-19(2)14-15/h3-5,8-9,15,18H,1,6-7,10-14H2,2H3. The first-order valence-corrected chi connectivity index (χ1v) is 7.50. The molecule has 1 aliphatic rings. The Labute approximate surface area is 122 Å². The fourth-order valence-electron chi connectivity index (χ4n) is 2.79. The van der Waals surface area contributed by atoms with Gasteiger partial charge < -0.3 is 15.0 Å². The number of nitrogens with zero attached hydrogens (tertiary/aromatic N) is 1. The highest BCUT2D eigenvalue weighted by atomic mass is 16.5. The molecule has 1 saturated heterocycles. The van der Waals surface area contributed by atoms with Crippen molar-refractivity contribution in [1.29, 1.82) is 0 Å². The normalized spacial score (nSPS) is 19.8. The van der Waals surface area contributed by atoms with Crippen LogP contribution >= 0.6 is 0 Å². The van der Waals surface area contributed by atoms with Crippen LogP contribution < -0.4 is 10.1 Å². The molecule has 1 N–H and O–H groups in total. The summed E-state index contributed by atoms with van der Waals surface area (Å²) in [5, 5.41) is 3.58. The van der Waals surface area contributed by atoms with Gasteiger partial charge in [0.1, 0.15) is 12.4 Å². The summed E-state index contributed by atoms with van der Waals surface area (Å²) in [5.74, 6) is 1.73. The molecule has 0 radical (unpaired) electrons. The molecule has 1 heterocycles. The van der Waals surface area contributed by atoms with E-state index in [9.17, 15) is 0 Å². The summed E-state index contributed by atoms with van der Waals surface area (Å²) in [6.07, 6.45) is 4.44. The van der Waals surface area contributed by atoms with Gasteiger partial charge in [0.05, 0.1) is 0 Å². The second-order valence-corrected chi connectivity index (χ2v) is 5.61. The SMILES string of the molecule is C=CCOc1ccccc1CNCC1CCCN(C)C1. The van der Waals surface area contributed by atoms with Gasteiger partial charge in [0.15, 0.2) is 0 Å². The molecule has 20 heavy (non-hydrogen) atoms. The molecule has 1 aromatic rings. The van der Waals surface area contributed by atoms with Crippen LogP contribution in [0.1, 0.15) is 18.4 Å². The zero-order valence-corrected chi connectivity index (χ0v) is 12.5. The largest absolute Gasteiger partial charge is 0.489 e. The molecule has 2 rings (SSSR count). The van der Waals surface area contributed by atoms with Gasteiger partial charge >= 0.3 is 0 Å². The molecule has 3 nitrogen and oxygen atoms in total. The second kappa shape index (κ2) is 8.08. The van der Waals surface area contributed by atoms with Crippen LogP contribution in [0.4, 0.5) is 0 Å². The zero-order valence-electron chi connectivity index (χ0n) is 12.5. The maximum atomic E-state index is 5.68. The number of hydrogen-bond donors (Lipinski definition) is 1. The van der Waals surface area contributed by atoms with Gasteiger partial charge in [-0.25, -0.2) is 0 Å². The van der Waals surface area contributed by atoms with Crippen LogP contribution in [0.15, 0.2) is 36.9 Å². The van der Waals surface area contributed by atoms with E-state index >= 15 is 0 Å². The number of ether oxygens (including phenoxy) is 1. The summed E-state index contributed by atoms with van der Waals surface area (Å²) in [4.78, 5) is 2.43. The number of nitrogens with one attached hydrogen (secondary N) is 1. The van der Waals surface area contributed by atoms with E-state index in [1.54, 1.807) is 6.08 Å². The molecule has 1 atom stereocenters. The predicted molar refractivity (Wildman–Crippen MR) is 84.1 cm³/mol. The first kappa shape index (κ1) is 15.1. The van der Waals surface area contributed by atoms with Gasteiger partial charge in [-0.2, -0.15) is 0 Å². The predicted octanol–water partition coefficient (Wildman–Crippen LogP) is 2.68. The molecule has 110 valence electrons. The van der Waals surface area contributed by atoms with Crippen LogP contribution in [-0.2, 0) is 6.54 Å². The monoisotopic (exact) mass is 274 g/mol. The van der Waals surface area contributed by atoms with Gasteiger partial charge in [-0.05, 0) is 45.0 Å². The van der Waals surface area contributed by atoms with Crippen LogP contribution in [0.5, 0.6) is 5.75 Å². The quantitative estimate of drug-likeness (QED) is 0.774. The average Bonchev–Trinajstić information content (AvgIpc) is 2.46. The number of benzene rings is 1. The maximum absolute atomic E-state index is 5.68. The molecule has 0 bridgehead atoms. The van der Waals surface area contributed by atoms with E-state index in [2.05, 4.69) is 36.0 Å². The molecule has 0 spiro atoms. The number of para-hydroxylation sites is 1. The van der Waals surface area contributed by atoms with E-state index in [0.717, 1.165) is 24.8 Å².